The lowest BCUT2D eigenvalue weighted by Gasteiger charge is -2.09. The van der Waals surface area contributed by atoms with E-state index in [1.54, 1.807) is 24.3 Å². The Morgan fingerprint density at radius 1 is 0.708 bits per heavy atom. The molecule has 0 unspecified atom stereocenters. The number of rotatable bonds is 7. The van der Waals surface area contributed by atoms with E-state index in [1.807, 2.05) is 0 Å². The summed E-state index contributed by atoms with van der Waals surface area (Å²) in [6.07, 6.45) is 0. The molecule has 2 aromatic carbocycles. The quantitative estimate of drug-likeness (QED) is 0.574. The van der Waals surface area contributed by atoms with Crippen molar-refractivity contribution in [3.8, 4) is 0 Å². The molecule has 0 aliphatic carbocycles. The molecule has 2 N–H and O–H groups in total. The molecule has 10 heteroatoms. The summed E-state index contributed by atoms with van der Waals surface area (Å²) >= 11 is 6.41. The van der Waals surface area contributed by atoms with Crippen LogP contribution in [0.4, 0.5) is 0 Å². The molecule has 0 spiro atoms. The Bertz CT molecular complexity index is 854. The van der Waals surface area contributed by atoms with Crippen LogP contribution in [0.2, 0.25) is 0 Å². The summed E-state index contributed by atoms with van der Waals surface area (Å²) < 4.78 is 54.4. The molecule has 0 radical (unpaired) electrons. The summed E-state index contributed by atoms with van der Waals surface area (Å²) in [7, 11) is -7.39. The number of halogens is 2. The van der Waals surface area contributed by atoms with E-state index in [9.17, 15) is 16.8 Å². The van der Waals surface area contributed by atoms with Gasteiger partial charge in [-0.3, -0.25) is 0 Å². The lowest BCUT2D eigenvalue weighted by Crippen LogP contribution is -2.34. The molecule has 0 atom stereocenters. The van der Waals surface area contributed by atoms with E-state index >= 15 is 0 Å². The first kappa shape index (κ1) is 19.5. The molecule has 0 bridgehead atoms. The fourth-order valence-corrected chi connectivity index (χ4v) is 5.06. The predicted octanol–water partition coefficient (Wildman–Crippen LogP) is 2.47. The Hall–Kier alpha value is -0.780. The SMILES string of the molecule is O=S(=O)(NCCNS(=O)(=O)c1cccc(Br)c1)c1cccc(Br)c1. The normalized spacial score (nSPS) is 12.2. The average Bonchev–Trinajstić information content (AvgIpc) is 2.52. The largest absolute Gasteiger partial charge is 0.240 e. The van der Waals surface area contributed by atoms with E-state index in [-0.39, 0.29) is 22.9 Å². The molecule has 2 aromatic rings. The summed E-state index contributed by atoms with van der Waals surface area (Å²) in [6, 6.07) is 12.5. The number of sulfonamides is 2. The molecule has 0 fully saturated rings. The van der Waals surface area contributed by atoms with Crippen LogP contribution in [0.1, 0.15) is 0 Å². The second-order valence-corrected chi connectivity index (χ2v) is 10.1. The highest BCUT2D eigenvalue weighted by Gasteiger charge is 2.16. The monoisotopic (exact) mass is 496 g/mol. The van der Waals surface area contributed by atoms with Crippen molar-refractivity contribution in [2.75, 3.05) is 13.1 Å². The molecular weight excluding hydrogens is 484 g/mol. The minimum atomic E-state index is -3.69. The average molecular weight is 498 g/mol. The van der Waals surface area contributed by atoms with E-state index < -0.39 is 20.0 Å². The van der Waals surface area contributed by atoms with Gasteiger partial charge in [-0.1, -0.05) is 44.0 Å². The zero-order chi connectivity index (χ0) is 17.8. The van der Waals surface area contributed by atoms with Crippen LogP contribution in [-0.4, -0.2) is 29.9 Å². The topological polar surface area (TPSA) is 92.3 Å². The van der Waals surface area contributed by atoms with Crippen molar-refractivity contribution in [1.82, 2.24) is 9.44 Å². The van der Waals surface area contributed by atoms with Crippen molar-refractivity contribution in [3.63, 3.8) is 0 Å². The third-order valence-electron chi connectivity index (χ3n) is 2.92. The maximum absolute atomic E-state index is 12.1. The van der Waals surface area contributed by atoms with Gasteiger partial charge in [-0.2, -0.15) is 0 Å². The van der Waals surface area contributed by atoms with Gasteiger partial charge in [-0.15, -0.1) is 0 Å². The highest BCUT2D eigenvalue weighted by molar-refractivity contribution is 9.10. The van der Waals surface area contributed by atoms with Gasteiger partial charge >= 0.3 is 0 Å². The molecular formula is C14H14Br2N2O4S2. The van der Waals surface area contributed by atoms with Crippen LogP contribution in [0.3, 0.4) is 0 Å². The van der Waals surface area contributed by atoms with Crippen LogP contribution in [-0.2, 0) is 20.0 Å². The fourth-order valence-electron chi connectivity index (χ4n) is 1.81. The Kier molecular flexibility index (Phi) is 6.57. The number of hydrogen-bond acceptors (Lipinski definition) is 4. The van der Waals surface area contributed by atoms with Gasteiger partial charge in [0, 0.05) is 22.0 Å². The van der Waals surface area contributed by atoms with Gasteiger partial charge in [-0.25, -0.2) is 26.3 Å². The van der Waals surface area contributed by atoms with Crippen molar-refractivity contribution in [2.45, 2.75) is 9.79 Å². The summed E-state index contributed by atoms with van der Waals surface area (Å²) in [5.74, 6) is 0. The molecule has 2 rings (SSSR count). The molecule has 130 valence electrons. The molecule has 24 heavy (non-hydrogen) atoms. The van der Waals surface area contributed by atoms with Gasteiger partial charge < -0.3 is 0 Å². The molecule has 0 heterocycles. The maximum atomic E-state index is 12.1. The van der Waals surface area contributed by atoms with Crippen molar-refractivity contribution in [3.05, 3.63) is 57.5 Å². The van der Waals surface area contributed by atoms with E-state index in [0.717, 1.165) is 0 Å². The van der Waals surface area contributed by atoms with E-state index in [2.05, 4.69) is 41.3 Å². The van der Waals surface area contributed by atoms with Crippen LogP contribution >= 0.6 is 31.9 Å². The van der Waals surface area contributed by atoms with Crippen molar-refractivity contribution in [2.24, 2.45) is 0 Å². The van der Waals surface area contributed by atoms with Crippen LogP contribution in [0, 0.1) is 0 Å². The third kappa shape index (κ3) is 5.36. The van der Waals surface area contributed by atoms with E-state index in [4.69, 9.17) is 0 Å². The van der Waals surface area contributed by atoms with Gasteiger partial charge in [0.15, 0.2) is 0 Å². The second-order valence-electron chi connectivity index (χ2n) is 4.71. The lowest BCUT2D eigenvalue weighted by molar-refractivity contribution is 0.570. The lowest BCUT2D eigenvalue weighted by atomic mass is 10.4. The van der Waals surface area contributed by atoms with Crippen molar-refractivity contribution < 1.29 is 16.8 Å². The van der Waals surface area contributed by atoms with Gasteiger partial charge in [-0.05, 0) is 36.4 Å². The van der Waals surface area contributed by atoms with Gasteiger partial charge in [0.05, 0.1) is 9.79 Å². The first-order valence-electron chi connectivity index (χ1n) is 6.71. The molecule has 6 nitrogen and oxygen atoms in total. The molecule has 0 amide bonds. The molecule has 0 aliphatic heterocycles. The fraction of sp³-hybridized carbons (Fsp3) is 0.143. The van der Waals surface area contributed by atoms with Crippen LogP contribution < -0.4 is 9.44 Å². The Balaban J connectivity index is 1.95. The highest BCUT2D eigenvalue weighted by Crippen LogP contribution is 2.16. The summed E-state index contributed by atoms with van der Waals surface area (Å²) in [6.45, 7) is -0.135. The predicted molar refractivity (Wildman–Crippen MR) is 98.7 cm³/mol. The summed E-state index contributed by atoms with van der Waals surface area (Å²) in [4.78, 5) is 0.207. The Morgan fingerprint density at radius 3 is 1.42 bits per heavy atom. The molecule has 0 saturated carbocycles. The number of nitrogens with one attached hydrogen (secondary N) is 2. The van der Waals surface area contributed by atoms with E-state index in [1.165, 1.54) is 24.3 Å². The third-order valence-corrected chi connectivity index (χ3v) is 6.83. The smallest absolute Gasteiger partial charge is 0.210 e. The van der Waals surface area contributed by atoms with Crippen LogP contribution in [0.5, 0.6) is 0 Å². The summed E-state index contributed by atoms with van der Waals surface area (Å²) in [5, 5.41) is 0. The first-order chi connectivity index (χ1) is 11.2. The summed E-state index contributed by atoms with van der Waals surface area (Å²) in [5.41, 5.74) is 0. The standard InChI is InChI=1S/C14H14Br2N2O4S2/c15-11-3-1-5-13(9-11)23(19,20)17-7-8-18-24(21,22)14-6-2-4-12(16)10-14/h1-6,9-10,17-18H,7-8H2. The van der Waals surface area contributed by atoms with Crippen molar-refractivity contribution in [1.29, 1.82) is 0 Å². The minimum absolute atomic E-state index is 0.0674. The molecule has 0 saturated heterocycles. The van der Waals surface area contributed by atoms with E-state index in [0.29, 0.717) is 8.95 Å². The number of benzene rings is 2. The highest BCUT2D eigenvalue weighted by atomic mass is 79.9. The van der Waals surface area contributed by atoms with Gasteiger partial charge in [0.25, 0.3) is 0 Å². The maximum Gasteiger partial charge on any atom is 0.240 e. The Morgan fingerprint density at radius 2 is 1.08 bits per heavy atom. The van der Waals surface area contributed by atoms with Gasteiger partial charge in [0.1, 0.15) is 0 Å². The van der Waals surface area contributed by atoms with Crippen LogP contribution in [0.15, 0.2) is 67.3 Å². The zero-order valence-corrected chi connectivity index (χ0v) is 17.0. The minimum Gasteiger partial charge on any atom is -0.210 e. The Labute approximate surface area is 158 Å². The van der Waals surface area contributed by atoms with Crippen molar-refractivity contribution >= 4 is 51.9 Å². The number of hydrogen-bond donors (Lipinski definition) is 2. The molecule has 0 aromatic heterocycles. The zero-order valence-electron chi connectivity index (χ0n) is 12.2. The molecule has 0 aliphatic rings. The van der Waals surface area contributed by atoms with Gasteiger partial charge in [0.2, 0.25) is 20.0 Å². The second kappa shape index (κ2) is 8.07. The first-order valence-corrected chi connectivity index (χ1v) is 11.3. The van der Waals surface area contributed by atoms with Crippen LogP contribution in [0.25, 0.3) is 0 Å².